The zero-order valence-corrected chi connectivity index (χ0v) is 14.2. The van der Waals surface area contributed by atoms with Crippen LogP contribution in [0.5, 0.6) is 0 Å². The van der Waals surface area contributed by atoms with Crippen LogP contribution in [0.25, 0.3) is 0 Å². The van der Waals surface area contributed by atoms with Crippen LogP contribution in [0.3, 0.4) is 0 Å². The fourth-order valence-corrected chi connectivity index (χ4v) is 3.27. The van der Waals surface area contributed by atoms with Crippen LogP contribution >= 0.6 is 15.9 Å². The van der Waals surface area contributed by atoms with Crippen molar-refractivity contribution in [2.75, 3.05) is 31.7 Å². The fourth-order valence-electron chi connectivity index (χ4n) is 2.89. The number of nitrogens with one attached hydrogen (secondary N) is 1. The number of nitrogens with zero attached hydrogens (tertiary/aromatic N) is 2. The molecule has 0 atom stereocenters. The van der Waals surface area contributed by atoms with Gasteiger partial charge >= 0.3 is 0 Å². The maximum absolute atomic E-state index is 5.45. The molecule has 1 aromatic rings. The summed E-state index contributed by atoms with van der Waals surface area (Å²) in [4.78, 5) is 6.96. The molecule has 1 aliphatic heterocycles. The highest BCUT2D eigenvalue weighted by Crippen LogP contribution is 2.25. The number of hydrogen-bond acceptors (Lipinski definition) is 4. The van der Waals surface area contributed by atoms with Crippen molar-refractivity contribution in [1.29, 1.82) is 0 Å². The summed E-state index contributed by atoms with van der Waals surface area (Å²) < 4.78 is 6.50. The Bertz CT molecular complexity index is 473. The van der Waals surface area contributed by atoms with Gasteiger partial charge in [0.05, 0.1) is 0 Å². The van der Waals surface area contributed by atoms with Crippen LogP contribution in [-0.4, -0.2) is 37.8 Å². The predicted molar refractivity (Wildman–Crippen MR) is 88.6 cm³/mol. The molecule has 1 aromatic heterocycles. The number of rotatable bonds is 6. The average molecular weight is 354 g/mol. The van der Waals surface area contributed by atoms with Crippen molar-refractivity contribution in [3.63, 3.8) is 0 Å². The normalized spacial score (nSPS) is 19.7. The third-order valence-corrected chi connectivity index (χ3v) is 4.74. The molecule has 3 rings (SSSR count). The molecule has 21 heavy (non-hydrogen) atoms. The summed E-state index contributed by atoms with van der Waals surface area (Å²) >= 11 is 3.54. The van der Waals surface area contributed by atoms with Gasteiger partial charge < -0.3 is 15.0 Å². The molecular weight excluding hydrogens is 330 g/mol. The van der Waals surface area contributed by atoms with E-state index in [9.17, 15) is 0 Å². The van der Waals surface area contributed by atoms with E-state index in [1.807, 2.05) is 6.20 Å². The molecule has 0 aromatic carbocycles. The van der Waals surface area contributed by atoms with E-state index in [1.165, 1.54) is 18.4 Å². The van der Waals surface area contributed by atoms with E-state index in [4.69, 9.17) is 4.74 Å². The molecule has 0 radical (unpaired) electrons. The Morgan fingerprint density at radius 2 is 2.10 bits per heavy atom. The zero-order chi connectivity index (χ0) is 14.7. The summed E-state index contributed by atoms with van der Waals surface area (Å²) in [5.74, 6) is 1.83. The second-order valence-electron chi connectivity index (χ2n) is 6.23. The molecular formula is C16H24BrN3O. The van der Waals surface area contributed by atoms with E-state index in [-0.39, 0.29) is 0 Å². The summed E-state index contributed by atoms with van der Waals surface area (Å²) in [5, 5.41) is 3.59. The van der Waals surface area contributed by atoms with Gasteiger partial charge in [0.2, 0.25) is 0 Å². The minimum absolute atomic E-state index is 0.720. The van der Waals surface area contributed by atoms with Crippen LogP contribution < -0.4 is 10.2 Å². The van der Waals surface area contributed by atoms with Crippen LogP contribution in [-0.2, 0) is 11.3 Å². The first-order valence-corrected chi connectivity index (χ1v) is 8.68. The van der Waals surface area contributed by atoms with Gasteiger partial charge in [-0.3, -0.25) is 0 Å². The predicted octanol–water partition coefficient (Wildman–Crippen LogP) is 2.96. The lowest BCUT2D eigenvalue weighted by atomic mass is 10.00. The van der Waals surface area contributed by atoms with Gasteiger partial charge in [-0.1, -0.05) is 0 Å². The molecule has 1 N–H and O–H groups in total. The van der Waals surface area contributed by atoms with E-state index < -0.39 is 0 Å². The van der Waals surface area contributed by atoms with E-state index in [0.29, 0.717) is 0 Å². The molecule has 0 amide bonds. The second kappa shape index (κ2) is 7.07. The SMILES string of the molecule is CN(CC1CCOCC1)c1ncc(Br)cc1CNC1CC1. The lowest BCUT2D eigenvalue weighted by molar-refractivity contribution is 0.0685. The lowest BCUT2D eigenvalue weighted by Gasteiger charge is -2.29. The van der Waals surface area contributed by atoms with Gasteiger partial charge in [0.15, 0.2) is 0 Å². The number of pyridine rings is 1. The number of ether oxygens (including phenoxy) is 1. The second-order valence-corrected chi connectivity index (χ2v) is 7.14. The third kappa shape index (κ3) is 4.41. The molecule has 2 heterocycles. The minimum atomic E-state index is 0.720. The van der Waals surface area contributed by atoms with Gasteiger partial charge in [-0.25, -0.2) is 4.98 Å². The van der Waals surface area contributed by atoms with Crippen LogP contribution in [0.15, 0.2) is 16.7 Å². The summed E-state index contributed by atoms with van der Waals surface area (Å²) in [5.41, 5.74) is 1.28. The first-order chi connectivity index (χ1) is 10.2. The van der Waals surface area contributed by atoms with Gasteiger partial charge in [0, 0.05) is 55.6 Å². The van der Waals surface area contributed by atoms with Crippen LogP contribution in [0.1, 0.15) is 31.2 Å². The van der Waals surface area contributed by atoms with Crippen LogP contribution in [0, 0.1) is 5.92 Å². The number of aromatic nitrogens is 1. The Labute approximate surface area is 135 Å². The smallest absolute Gasteiger partial charge is 0.132 e. The number of hydrogen-bond donors (Lipinski definition) is 1. The van der Waals surface area contributed by atoms with E-state index in [2.05, 4.69) is 44.2 Å². The van der Waals surface area contributed by atoms with Crippen molar-refractivity contribution in [2.24, 2.45) is 5.92 Å². The van der Waals surface area contributed by atoms with E-state index in [0.717, 1.165) is 61.4 Å². The van der Waals surface area contributed by atoms with Gasteiger partial charge in [-0.05, 0) is 53.6 Å². The zero-order valence-electron chi connectivity index (χ0n) is 12.6. The minimum Gasteiger partial charge on any atom is -0.381 e. The van der Waals surface area contributed by atoms with Crippen LogP contribution in [0.4, 0.5) is 5.82 Å². The lowest BCUT2D eigenvalue weighted by Crippen LogP contribution is -2.31. The first-order valence-electron chi connectivity index (χ1n) is 7.89. The highest BCUT2D eigenvalue weighted by molar-refractivity contribution is 9.10. The molecule has 1 aliphatic carbocycles. The van der Waals surface area contributed by atoms with Gasteiger partial charge in [0.25, 0.3) is 0 Å². The summed E-state index contributed by atoms with van der Waals surface area (Å²) in [6.45, 7) is 3.78. The van der Waals surface area contributed by atoms with Crippen molar-refractivity contribution in [3.05, 3.63) is 22.3 Å². The maximum atomic E-state index is 5.45. The highest BCUT2D eigenvalue weighted by Gasteiger charge is 2.22. The standard InChI is InChI=1S/C16H24BrN3O/c1-20(11-12-4-6-21-7-5-12)16-13(8-14(17)10-19-16)9-18-15-2-3-15/h8,10,12,15,18H,2-7,9,11H2,1H3. The Morgan fingerprint density at radius 3 is 2.81 bits per heavy atom. The van der Waals surface area contributed by atoms with Crippen molar-refractivity contribution >= 4 is 21.7 Å². The largest absolute Gasteiger partial charge is 0.381 e. The van der Waals surface area contributed by atoms with Crippen molar-refractivity contribution in [2.45, 2.75) is 38.3 Å². The Morgan fingerprint density at radius 1 is 1.33 bits per heavy atom. The molecule has 2 fully saturated rings. The van der Waals surface area contributed by atoms with Crippen LogP contribution in [0.2, 0.25) is 0 Å². The van der Waals surface area contributed by atoms with E-state index in [1.54, 1.807) is 0 Å². The molecule has 2 aliphatic rings. The Balaban J connectivity index is 1.66. The Kier molecular flexibility index (Phi) is 5.14. The molecule has 0 spiro atoms. The summed E-state index contributed by atoms with van der Waals surface area (Å²) in [6, 6.07) is 2.91. The van der Waals surface area contributed by atoms with Gasteiger partial charge in [-0.15, -0.1) is 0 Å². The monoisotopic (exact) mass is 353 g/mol. The molecule has 5 heteroatoms. The molecule has 0 unspecified atom stereocenters. The molecule has 116 valence electrons. The first kappa shape index (κ1) is 15.3. The molecule has 4 nitrogen and oxygen atoms in total. The highest BCUT2D eigenvalue weighted by atomic mass is 79.9. The van der Waals surface area contributed by atoms with Crippen molar-refractivity contribution < 1.29 is 4.74 Å². The number of anilines is 1. The third-order valence-electron chi connectivity index (χ3n) is 4.30. The summed E-state index contributed by atoms with van der Waals surface area (Å²) in [6.07, 6.45) is 6.85. The molecule has 1 saturated heterocycles. The summed E-state index contributed by atoms with van der Waals surface area (Å²) in [7, 11) is 2.16. The quantitative estimate of drug-likeness (QED) is 0.852. The fraction of sp³-hybridized carbons (Fsp3) is 0.688. The maximum Gasteiger partial charge on any atom is 0.132 e. The Hall–Kier alpha value is -0.650. The van der Waals surface area contributed by atoms with E-state index >= 15 is 0 Å². The molecule has 1 saturated carbocycles. The molecule has 0 bridgehead atoms. The van der Waals surface area contributed by atoms with Gasteiger partial charge in [0.1, 0.15) is 5.82 Å². The average Bonchev–Trinajstić information content (AvgIpc) is 3.30. The van der Waals surface area contributed by atoms with Gasteiger partial charge in [-0.2, -0.15) is 0 Å². The van der Waals surface area contributed by atoms with Crippen molar-refractivity contribution in [3.8, 4) is 0 Å². The topological polar surface area (TPSA) is 37.4 Å². The van der Waals surface area contributed by atoms with Crippen molar-refractivity contribution in [1.82, 2.24) is 10.3 Å². The number of halogens is 1.